The molecule has 13 heavy (non-hydrogen) atoms. The SMILES string of the molecule is CN1C=[N+](C)CC1.C[N+]1=CCCC1. The summed E-state index contributed by atoms with van der Waals surface area (Å²) >= 11 is 0. The molecular weight excluding hydrogens is 162 g/mol. The molecule has 0 aliphatic carbocycles. The van der Waals surface area contributed by atoms with Crippen LogP contribution >= 0.6 is 0 Å². The third-order valence-corrected chi connectivity index (χ3v) is 2.36. The van der Waals surface area contributed by atoms with Gasteiger partial charge in [-0.3, -0.25) is 9.48 Å². The van der Waals surface area contributed by atoms with Gasteiger partial charge in [-0.1, -0.05) is 0 Å². The molecule has 0 aromatic rings. The van der Waals surface area contributed by atoms with Crippen LogP contribution in [0.3, 0.4) is 0 Å². The van der Waals surface area contributed by atoms with Crippen molar-refractivity contribution in [3.8, 4) is 0 Å². The lowest BCUT2D eigenvalue weighted by atomic mass is 10.4. The Morgan fingerprint density at radius 2 is 1.92 bits per heavy atom. The number of nitrogens with zero attached hydrogens (tertiary/aromatic N) is 3. The van der Waals surface area contributed by atoms with Crippen LogP contribution in [0.2, 0.25) is 0 Å². The second kappa shape index (κ2) is 5.00. The molecule has 2 aliphatic rings. The zero-order valence-electron chi connectivity index (χ0n) is 9.03. The van der Waals surface area contributed by atoms with Gasteiger partial charge in [0, 0.05) is 12.8 Å². The Morgan fingerprint density at radius 1 is 1.15 bits per heavy atom. The molecule has 0 amide bonds. The predicted molar refractivity (Wildman–Crippen MR) is 56.1 cm³/mol. The fourth-order valence-electron chi connectivity index (χ4n) is 1.51. The highest BCUT2D eigenvalue weighted by molar-refractivity contribution is 5.52. The first kappa shape index (κ1) is 10.2. The summed E-state index contributed by atoms with van der Waals surface area (Å²) in [7, 11) is 6.29. The Balaban J connectivity index is 0.000000132. The molecule has 0 bridgehead atoms. The molecule has 2 rings (SSSR count). The zero-order valence-corrected chi connectivity index (χ0v) is 9.03. The van der Waals surface area contributed by atoms with Gasteiger partial charge >= 0.3 is 0 Å². The van der Waals surface area contributed by atoms with Gasteiger partial charge in [-0.05, 0) is 0 Å². The van der Waals surface area contributed by atoms with Gasteiger partial charge in [-0.25, -0.2) is 4.58 Å². The molecule has 3 nitrogen and oxygen atoms in total. The summed E-state index contributed by atoms with van der Waals surface area (Å²) in [4.78, 5) is 2.18. The highest BCUT2D eigenvalue weighted by Gasteiger charge is 2.08. The Kier molecular flexibility index (Phi) is 3.93. The Hall–Kier alpha value is -0.860. The van der Waals surface area contributed by atoms with E-state index in [-0.39, 0.29) is 0 Å². The van der Waals surface area contributed by atoms with E-state index in [0.29, 0.717) is 0 Å². The van der Waals surface area contributed by atoms with E-state index >= 15 is 0 Å². The average molecular weight is 183 g/mol. The molecule has 0 saturated heterocycles. The second-order valence-corrected chi connectivity index (χ2v) is 3.88. The van der Waals surface area contributed by atoms with Crippen LogP contribution in [0.25, 0.3) is 0 Å². The van der Waals surface area contributed by atoms with Crippen LogP contribution in [0.1, 0.15) is 12.8 Å². The maximum atomic E-state index is 2.24. The average Bonchev–Trinajstić information content (AvgIpc) is 2.64. The van der Waals surface area contributed by atoms with Crippen molar-refractivity contribution in [3.05, 3.63) is 0 Å². The Morgan fingerprint density at radius 3 is 2.08 bits per heavy atom. The lowest BCUT2D eigenvalue weighted by Crippen LogP contribution is -2.11. The van der Waals surface area contributed by atoms with Crippen LogP contribution in [0, 0.1) is 0 Å². The molecule has 3 heteroatoms. The minimum absolute atomic E-state index is 1.18. The fraction of sp³-hybridized carbons (Fsp3) is 0.800. The van der Waals surface area contributed by atoms with E-state index < -0.39 is 0 Å². The first-order valence-electron chi connectivity index (χ1n) is 4.97. The normalized spacial score (nSPS) is 20.7. The molecule has 0 atom stereocenters. The monoisotopic (exact) mass is 183 g/mol. The Bertz CT molecular complexity index is 218. The molecule has 0 aromatic heterocycles. The van der Waals surface area contributed by atoms with Gasteiger partial charge in [0.05, 0.1) is 14.1 Å². The van der Waals surface area contributed by atoms with Gasteiger partial charge in [-0.15, -0.1) is 0 Å². The van der Waals surface area contributed by atoms with Gasteiger partial charge in [0.2, 0.25) is 6.34 Å². The van der Waals surface area contributed by atoms with Crippen molar-refractivity contribution in [2.24, 2.45) is 0 Å². The summed E-state index contributed by atoms with van der Waals surface area (Å²) in [5.41, 5.74) is 0. The largest absolute Gasteiger partial charge is 0.267 e. The third kappa shape index (κ3) is 4.06. The second-order valence-electron chi connectivity index (χ2n) is 3.88. The molecule has 74 valence electrons. The highest BCUT2D eigenvalue weighted by Crippen LogP contribution is 1.91. The zero-order chi connectivity index (χ0) is 9.68. The number of rotatable bonds is 0. The van der Waals surface area contributed by atoms with Crippen molar-refractivity contribution >= 4 is 12.6 Å². The molecule has 2 heterocycles. The third-order valence-electron chi connectivity index (χ3n) is 2.36. The van der Waals surface area contributed by atoms with E-state index in [1.807, 2.05) is 0 Å². The van der Waals surface area contributed by atoms with Crippen LogP contribution < -0.4 is 0 Å². The van der Waals surface area contributed by atoms with Crippen molar-refractivity contribution in [2.45, 2.75) is 12.8 Å². The topological polar surface area (TPSA) is 9.26 Å². The van der Waals surface area contributed by atoms with Crippen molar-refractivity contribution in [1.82, 2.24) is 4.90 Å². The van der Waals surface area contributed by atoms with Crippen molar-refractivity contribution < 1.29 is 9.15 Å². The summed E-state index contributed by atoms with van der Waals surface area (Å²) in [5, 5.41) is 0. The predicted octanol–water partition coefficient (Wildman–Crippen LogP) is 0.0957. The van der Waals surface area contributed by atoms with Gasteiger partial charge in [0.25, 0.3) is 0 Å². The van der Waals surface area contributed by atoms with Crippen molar-refractivity contribution in [1.29, 1.82) is 0 Å². The van der Waals surface area contributed by atoms with Crippen LogP contribution in [0.5, 0.6) is 0 Å². The lowest BCUT2D eigenvalue weighted by Gasteiger charge is -1.90. The fourth-order valence-corrected chi connectivity index (χ4v) is 1.51. The lowest BCUT2D eigenvalue weighted by molar-refractivity contribution is -0.484. The van der Waals surface area contributed by atoms with Crippen LogP contribution in [0.4, 0.5) is 0 Å². The van der Waals surface area contributed by atoms with E-state index in [0.717, 1.165) is 0 Å². The molecule has 0 radical (unpaired) electrons. The standard InChI is InChI=1S/C5H11N2.C5H10N/c1-6-3-4-7(2)5-6;1-6-4-2-3-5-6/h5H,3-4H2,1-2H3;4H,2-3,5H2,1H3/q2*+1. The van der Waals surface area contributed by atoms with Crippen molar-refractivity contribution in [3.63, 3.8) is 0 Å². The van der Waals surface area contributed by atoms with Crippen LogP contribution in [-0.2, 0) is 0 Å². The van der Waals surface area contributed by atoms with E-state index in [9.17, 15) is 0 Å². The molecule has 0 N–H and O–H groups in total. The van der Waals surface area contributed by atoms with Gasteiger partial charge in [-0.2, -0.15) is 0 Å². The first-order chi connectivity index (χ1) is 6.18. The van der Waals surface area contributed by atoms with E-state index in [4.69, 9.17) is 0 Å². The first-order valence-corrected chi connectivity index (χ1v) is 4.97. The maximum Gasteiger partial charge on any atom is 0.233 e. The molecule has 0 unspecified atom stereocenters. The highest BCUT2D eigenvalue weighted by atomic mass is 15.2. The number of hydrogen-bond acceptors (Lipinski definition) is 1. The van der Waals surface area contributed by atoms with Crippen molar-refractivity contribution in [2.75, 3.05) is 40.8 Å². The quantitative estimate of drug-likeness (QED) is 0.484. The number of likely N-dealkylation sites (N-methyl/N-ethyl adjacent to an activating group) is 2. The molecule has 2 aliphatic heterocycles. The molecular formula is C10H21N3+2. The van der Waals surface area contributed by atoms with Crippen LogP contribution in [-0.4, -0.2) is 67.4 Å². The summed E-state index contributed by atoms with van der Waals surface area (Å²) in [5.74, 6) is 0. The van der Waals surface area contributed by atoms with Gasteiger partial charge in [0.15, 0.2) is 0 Å². The van der Waals surface area contributed by atoms with Crippen LogP contribution in [0.15, 0.2) is 0 Å². The van der Waals surface area contributed by atoms with E-state index in [1.165, 1.54) is 32.5 Å². The van der Waals surface area contributed by atoms with E-state index in [1.54, 1.807) is 0 Å². The molecule has 0 saturated carbocycles. The minimum Gasteiger partial charge on any atom is -0.267 e. The smallest absolute Gasteiger partial charge is 0.233 e. The summed E-state index contributed by atoms with van der Waals surface area (Å²) < 4.78 is 4.42. The van der Waals surface area contributed by atoms with Gasteiger partial charge < -0.3 is 0 Å². The minimum atomic E-state index is 1.18. The van der Waals surface area contributed by atoms with Gasteiger partial charge in [0.1, 0.15) is 32.9 Å². The maximum absolute atomic E-state index is 2.24. The number of hydrogen-bond donors (Lipinski definition) is 0. The Labute approximate surface area is 81.0 Å². The summed E-state index contributed by atoms with van der Waals surface area (Å²) in [6.07, 6.45) is 6.99. The molecule has 0 fully saturated rings. The van der Waals surface area contributed by atoms with E-state index in [2.05, 4.69) is 47.7 Å². The summed E-state index contributed by atoms with van der Waals surface area (Å²) in [6.45, 7) is 3.62. The molecule has 0 spiro atoms. The molecule has 0 aromatic carbocycles. The summed E-state index contributed by atoms with van der Waals surface area (Å²) in [6, 6.07) is 0.